The van der Waals surface area contributed by atoms with Gasteiger partial charge in [-0.1, -0.05) is 45.8 Å². The Bertz CT molecular complexity index is 174. The molecule has 0 amide bonds. The number of rotatable bonds is 3. The molecule has 1 aliphatic carbocycles. The molecule has 0 bridgehead atoms. The summed E-state index contributed by atoms with van der Waals surface area (Å²) in [6.07, 6.45) is 7.80. The highest BCUT2D eigenvalue weighted by Gasteiger charge is 2.27. The lowest BCUT2D eigenvalue weighted by Crippen LogP contribution is -2.21. The van der Waals surface area contributed by atoms with Gasteiger partial charge < -0.3 is 0 Å². The van der Waals surface area contributed by atoms with E-state index in [-0.39, 0.29) is 0 Å². The van der Waals surface area contributed by atoms with Crippen LogP contribution in [0.2, 0.25) is 0 Å². The molecule has 0 saturated carbocycles. The predicted octanol–water partition coefficient (Wildman–Crippen LogP) is 4.17. The molecular weight excluding hydrogens is 144 g/mol. The summed E-state index contributed by atoms with van der Waals surface area (Å²) >= 11 is 0. The lowest BCUT2D eigenvalue weighted by atomic mass is 9.74. The minimum atomic E-state index is 0.496. The van der Waals surface area contributed by atoms with Crippen LogP contribution >= 0.6 is 0 Å². The Labute approximate surface area is 77.1 Å². The van der Waals surface area contributed by atoms with Crippen molar-refractivity contribution in [2.75, 3.05) is 0 Å². The van der Waals surface area contributed by atoms with Gasteiger partial charge in [0.2, 0.25) is 0 Å². The van der Waals surface area contributed by atoms with Crippen LogP contribution in [0.4, 0.5) is 0 Å². The van der Waals surface area contributed by atoms with E-state index < -0.39 is 0 Å². The van der Waals surface area contributed by atoms with Crippen molar-refractivity contribution in [1.82, 2.24) is 0 Å². The van der Waals surface area contributed by atoms with E-state index in [2.05, 4.69) is 33.8 Å². The molecular formula is C12H22. The molecule has 0 nitrogen and oxygen atoms in total. The van der Waals surface area contributed by atoms with Crippen LogP contribution in [0.25, 0.3) is 0 Å². The SMILES string of the molecule is CCC(C)(C)C(C)C1=CCCC1. The summed E-state index contributed by atoms with van der Waals surface area (Å²) in [5.74, 6) is 0.782. The Morgan fingerprint density at radius 3 is 2.58 bits per heavy atom. The standard InChI is InChI=1S/C12H22/c1-5-12(3,4)10(2)11-8-6-7-9-11/h8,10H,5-7,9H2,1-4H3. The van der Waals surface area contributed by atoms with Gasteiger partial charge in [0.1, 0.15) is 0 Å². The van der Waals surface area contributed by atoms with Gasteiger partial charge in [0.05, 0.1) is 0 Å². The summed E-state index contributed by atoms with van der Waals surface area (Å²) in [5, 5.41) is 0. The molecule has 0 radical (unpaired) electrons. The van der Waals surface area contributed by atoms with Crippen molar-refractivity contribution in [1.29, 1.82) is 0 Å². The van der Waals surface area contributed by atoms with E-state index in [1.54, 1.807) is 5.57 Å². The van der Waals surface area contributed by atoms with Crippen LogP contribution in [0, 0.1) is 11.3 Å². The topological polar surface area (TPSA) is 0 Å². The van der Waals surface area contributed by atoms with Crippen molar-refractivity contribution in [2.24, 2.45) is 11.3 Å². The summed E-state index contributed by atoms with van der Waals surface area (Å²) in [7, 11) is 0. The third-order valence-electron chi connectivity index (χ3n) is 3.72. The van der Waals surface area contributed by atoms with Gasteiger partial charge in [0, 0.05) is 0 Å². The summed E-state index contributed by atoms with van der Waals surface area (Å²) in [4.78, 5) is 0. The average Bonchev–Trinajstić information content (AvgIpc) is 2.55. The molecule has 0 saturated heterocycles. The Morgan fingerprint density at radius 2 is 2.17 bits per heavy atom. The first-order valence-electron chi connectivity index (χ1n) is 5.27. The molecule has 0 fully saturated rings. The molecule has 0 aromatic carbocycles. The van der Waals surface area contributed by atoms with Gasteiger partial charge in [-0.3, -0.25) is 0 Å². The van der Waals surface area contributed by atoms with Crippen LogP contribution in [0.3, 0.4) is 0 Å². The summed E-state index contributed by atoms with van der Waals surface area (Å²) in [6, 6.07) is 0. The number of allylic oxidation sites excluding steroid dienone is 2. The van der Waals surface area contributed by atoms with Gasteiger partial charge in [-0.05, 0) is 30.6 Å². The normalized spacial score (nSPS) is 20.8. The Kier molecular flexibility index (Phi) is 2.98. The molecule has 0 heterocycles. The van der Waals surface area contributed by atoms with Crippen molar-refractivity contribution >= 4 is 0 Å². The molecule has 0 N–H and O–H groups in total. The minimum Gasteiger partial charge on any atom is -0.0850 e. The summed E-state index contributed by atoms with van der Waals surface area (Å²) in [6.45, 7) is 9.46. The molecule has 1 rings (SSSR count). The summed E-state index contributed by atoms with van der Waals surface area (Å²) < 4.78 is 0. The average molecular weight is 166 g/mol. The highest BCUT2D eigenvalue weighted by molar-refractivity contribution is 5.13. The van der Waals surface area contributed by atoms with Gasteiger partial charge in [-0.15, -0.1) is 0 Å². The van der Waals surface area contributed by atoms with Crippen molar-refractivity contribution in [3.63, 3.8) is 0 Å². The Morgan fingerprint density at radius 1 is 1.50 bits per heavy atom. The van der Waals surface area contributed by atoms with Crippen molar-refractivity contribution < 1.29 is 0 Å². The highest BCUT2D eigenvalue weighted by Crippen LogP contribution is 2.39. The zero-order chi connectivity index (χ0) is 9.19. The molecule has 0 aromatic rings. The van der Waals surface area contributed by atoms with Crippen LogP contribution in [-0.2, 0) is 0 Å². The lowest BCUT2D eigenvalue weighted by molar-refractivity contribution is 0.252. The van der Waals surface area contributed by atoms with Gasteiger partial charge >= 0.3 is 0 Å². The van der Waals surface area contributed by atoms with Crippen LogP contribution < -0.4 is 0 Å². The molecule has 0 aliphatic heterocycles. The van der Waals surface area contributed by atoms with Gasteiger partial charge in [0.15, 0.2) is 0 Å². The van der Waals surface area contributed by atoms with Crippen LogP contribution in [0.15, 0.2) is 11.6 Å². The maximum atomic E-state index is 2.46. The van der Waals surface area contributed by atoms with Crippen molar-refractivity contribution in [3.05, 3.63) is 11.6 Å². The second-order valence-corrected chi connectivity index (χ2v) is 4.74. The minimum absolute atomic E-state index is 0.496. The zero-order valence-electron chi connectivity index (χ0n) is 8.98. The first-order valence-corrected chi connectivity index (χ1v) is 5.27. The number of hydrogen-bond acceptors (Lipinski definition) is 0. The van der Waals surface area contributed by atoms with Gasteiger partial charge in [-0.25, -0.2) is 0 Å². The van der Waals surface area contributed by atoms with Crippen molar-refractivity contribution in [2.45, 2.75) is 53.4 Å². The first-order chi connectivity index (χ1) is 5.58. The number of hydrogen-bond donors (Lipinski definition) is 0. The van der Waals surface area contributed by atoms with Crippen LogP contribution in [0.5, 0.6) is 0 Å². The molecule has 70 valence electrons. The van der Waals surface area contributed by atoms with E-state index in [1.807, 2.05) is 0 Å². The lowest BCUT2D eigenvalue weighted by Gasteiger charge is -2.31. The maximum Gasteiger partial charge on any atom is -0.0180 e. The quantitative estimate of drug-likeness (QED) is 0.552. The Balaban J connectivity index is 2.62. The molecule has 1 aliphatic rings. The molecule has 0 aromatic heterocycles. The van der Waals surface area contributed by atoms with E-state index in [0.29, 0.717) is 5.41 Å². The largest absolute Gasteiger partial charge is 0.0850 e. The zero-order valence-corrected chi connectivity index (χ0v) is 8.98. The molecule has 1 unspecified atom stereocenters. The van der Waals surface area contributed by atoms with E-state index in [1.165, 1.54) is 25.7 Å². The summed E-state index contributed by atoms with van der Waals surface area (Å²) in [5.41, 5.74) is 2.21. The third kappa shape index (κ3) is 1.91. The third-order valence-corrected chi connectivity index (χ3v) is 3.72. The Hall–Kier alpha value is -0.260. The van der Waals surface area contributed by atoms with E-state index in [4.69, 9.17) is 0 Å². The van der Waals surface area contributed by atoms with Gasteiger partial charge in [-0.2, -0.15) is 0 Å². The van der Waals surface area contributed by atoms with E-state index >= 15 is 0 Å². The fourth-order valence-corrected chi connectivity index (χ4v) is 1.90. The smallest absolute Gasteiger partial charge is 0.0180 e. The molecule has 12 heavy (non-hydrogen) atoms. The van der Waals surface area contributed by atoms with E-state index in [9.17, 15) is 0 Å². The fraction of sp³-hybridized carbons (Fsp3) is 0.833. The fourth-order valence-electron chi connectivity index (χ4n) is 1.90. The highest BCUT2D eigenvalue weighted by atomic mass is 14.3. The second-order valence-electron chi connectivity index (χ2n) is 4.74. The van der Waals surface area contributed by atoms with Crippen LogP contribution in [-0.4, -0.2) is 0 Å². The van der Waals surface area contributed by atoms with Crippen LogP contribution in [0.1, 0.15) is 53.4 Å². The maximum absolute atomic E-state index is 2.46. The molecule has 1 atom stereocenters. The second kappa shape index (κ2) is 3.64. The molecule has 0 heteroatoms. The van der Waals surface area contributed by atoms with Crippen molar-refractivity contribution in [3.8, 4) is 0 Å². The molecule has 0 spiro atoms. The predicted molar refractivity (Wildman–Crippen MR) is 55.2 cm³/mol. The first kappa shape index (κ1) is 9.83. The monoisotopic (exact) mass is 166 g/mol. The van der Waals surface area contributed by atoms with E-state index in [0.717, 1.165) is 5.92 Å². The van der Waals surface area contributed by atoms with Gasteiger partial charge in [0.25, 0.3) is 0 Å².